The summed E-state index contributed by atoms with van der Waals surface area (Å²) in [6.07, 6.45) is 1.63. The van der Waals surface area contributed by atoms with Crippen LogP contribution in [0, 0.1) is 19.8 Å². The summed E-state index contributed by atoms with van der Waals surface area (Å²) in [5.74, 6) is 0.569. The van der Waals surface area contributed by atoms with Gasteiger partial charge in [-0.1, -0.05) is 48.3 Å². The van der Waals surface area contributed by atoms with Crippen LogP contribution in [0.15, 0.2) is 16.6 Å². The Hall–Kier alpha value is -0.340. The highest BCUT2D eigenvalue weighted by atomic mass is 79.9. The number of benzene rings is 1. The molecule has 16 heavy (non-hydrogen) atoms. The quantitative estimate of drug-likeness (QED) is 0.861. The van der Waals surface area contributed by atoms with Crippen molar-refractivity contribution in [2.45, 2.75) is 46.6 Å². The molecular formula is C14H21BrO. The topological polar surface area (TPSA) is 20.2 Å². The van der Waals surface area contributed by atoms with Crippen LogP contribution in [-0.2, 0) is 0 Å². The van der Waals surface area contributed by atoms with Crippen molar-refractivity contribution in [3.8, 4) is 0 Å². The second-order valence-electron chi connectivity index (χ2n) is 4.73. The Morgan fingerprint density at radius 1 is 1.25 bits per heavy atom. The summed E-state index contributed by atoms with van der Waals surface area (Å²) in [5, 5.41) is 10.1. The van der Waals surface area contributed by atoms with E-state index in [0.29, 0.717) is 5.92 Å². The molecule has 2 heteroatoms. The molecule has 1 N–H and O–H groups in total. The fourth-order valence-corrected chi connectivity index (χ4v) is 2.08. The van der Waals surface area contributed by atoms with Crippen LogP contribution < -0.4 is 0 Å². The molecular weight excluding hydrogens is 264 g/mol. The van der Waals surface area contributed by atoms with Gasteiger partial charge >= 0.3 is 0 Å². The van der Waals surface area contributed by atoms with Gasteiger partial charge in [0.1, 0.15) is 0 Å². The van der Waals surface area contributed by atoms with Crippen LogP contribution in [-0.4, -0.2) is 5.11 Å². The van der Waals surface area contributed by atoms with Gasteiger partial charge in [0.05, 0.1) is 6.10 Å². The lowest BCUT2D eigenvalue weighted by molar-refractivity contribution is 0.146. The van der Waals surface area contributed by atoms with Crippen LogP contribution in [0.5, 0.6) is 0 Å². The van der Waals surface area contributed by atoms with E-state index in [2.05, 4.69) is 55.8 Å². The molecule has 1 aromatic carbocycles. The Labute approximate surface area is 107 Å². The minimum Gasteiger partial charge on any atom is -0.388 e. The zero-order chi connectivity index (χ0) is 12.3. The van der Waals surface area contributed by atoms with E-state index in [-0.39, 0.29) is 6.10 Å². The van der Waals surface area contributed by atoms with E-state index in [1.54, 1.807) is 0 Å². The van der Waals surface area contributed by atoms with E-state index in [1.807, 2.05) is 0 Å². The molecule has 0 bridgehead atoms. The summed E-state index contributed by atoms with van der Waals surface area (Å²) in [6.45, 7) is 8.48. The number of aliphatic hydroxyl groups excluding tert-OH is 1. The largest absolute Gasteiger partial charge is 0.388 e. The van der Waals surface area contributed by atoms with Gasteiger partial charge in [0, 0.05) is 4.47 Å². The zero-order valence-corrected chi connectivity index (χ0v) is 12.1. The van der Waals surface area contributed by atoms with Crippen molar-refractivity contribution in [1.29, 1.82) is 0 Å². The standard InChI is InChI=1S/C14H21BrO/c1-5-9(2)6-13(16)12-7-10(3)14(15)11(4)8-12/h7-9,13,16H,5-6H2,1-4H3. The average molecular weight is 285 g/mol. The van der Waals surface area contributed by atoms with Gasteiger partial charge in [0.25, 0.3) is 0 Å². The minimum atomic E-state index is -0.333. The molecule has 0 heterocycles. The van der Waals surface area contributed by atoms with Crippen molar-refractivity contribution in [3.05, 3.63) is 33.3 Å². The molecule has 0 radical (unpaired) electrons. The number of rotatable bonds is 4. The Balaban J connectivity index is 2.88. The van der Waals surface area contributed by atoms with Gasteiger partial charge in [-0.3, -0.25) is 0 Å². The molecule has 1 rings (SSSR count). The van der Waals surface area contributed by atoms with Gasteiger partial charge in [0.15, 0.2) is 0 Å². The Morgan fingerprint density at radius 2 is 1.75 bits per heavy atom. The summed E-state index contributed by atoms with van der Waals surface area (Å²) in [7, 11) is 0. The predicted octanol–water partition coefficient (Wildman–Crippen LogP) is 4.54. The lowest BCUT2D eigenvalue weighted by Gasteiger charge is -2.17. The lowest BCUT2D eigenvalue weighted by atomic mass is 9.94. The molecule has 90 valence electrons. The van der Waals surface area contributed by atoms with Crippen molar-refractivity contribution in [2.24, 2.45) is 5.92 Å². The van der Waals surface area contributed by atoms with E-state index < -0.39 is 0 Å². The number of aryl methyl sites for hydroxylation is 2. The average Bonchev–Trinajstić information content (AvgIpc) is 2.24. The second-order valence-corrected chi connectivity index (χ2v) is 5.53. The summed E-state index contributed by atoms with van der Waals surface area (Å²) in [6, 6.07) is 4.15. The summed E-state index contributed by atoms with van der Waals surface area (Å²) in [5.41, 5.74) is 3.43. The number of aliphatic hydroxyl groups is 1. The van der Waals surface area contributed by atoms with Gasteiger partial charge in [-0.25, -0.2) is 0 Å². The van der Waals surface area contributed by atoms with Crippen molar-refractivity contribution in [2.75, 3.05) is 0 Å². The van der Waals surface area contributed by atoms with E-state index in [9.17, 15) is 5.11 Å². The van der Waals surface area contributed by atoms with E-state index >= 15 is 0 Å². The first kappa shape index (κ1) is 13.7. The molecule has 2 atom stereocenters. The maximum Gasteiger partial charge on any atom is 0.0792 e. The van der Waals surface area contributed by atoms with Gasteiger partial charge in [0.2, 0.25) is 0 Å². The van der Waals surface area contributed by atoms with Crippen molar-refractivity contribution in [1.82, 2.24) is 0 Å². The lowest BCUT2D eigenvalue weighted by Crippen LogP contribution is -2.04. The van der Waals surface area contributed by atoms with Gasteiger partial charge in [-0.05, 0) is 42.9 Å². The number of halogens is 1. The van der Waals surface area contributed by atoms with Gasteiger partial charge < -0.3 is 5.11 Å². The third-order valence-electron chi connectivity index (χ3n) is 3.17. The van der Waals surface area contributed by atoms with Crippen LogP contribution in [0.1, 0.15) is 49.5 Å². The molecule has 0 amide bonds. The molecule has 1 aromatic rings. The molecule has 1 nitrogen and oxygen atoms in total. The summed E-state index contributed by atoms with van der Waals surface area (Å²) < 4.78 is 1.15. The molecule has 0 spiro atoms. The van der Waals surface area contributed by atoms with Gasteiger partial charge in [-0.2, -0.15) is 0 Å². The monoisotopic (exact) mass is 284 g/mol. The van der Waals surface area contributed by atoms with E-state index in [1.165, 1.54) is 11.1 Å². The SMILES string of the molecule is CCC(C)CC(O)c1cc(C)c(Br)c(C)c1. The number of hydrogen-bond donors (Lipinski definition) is 1. The van der Waals surface area contributed by atoms with Crippen LogP contribution in [0.2, 0.25) is 0 Å². The first-order valence-electron chi connectivity index (χ1n) is 5.90. The molecule has 0 fully saturated rings. The highest BCUT2D eigenvalue weighted by Gasteiger charge is 2.13. The molecule has 0 aliphatic carbocycles. The number of hydrogen-bond acceptors (Lipinski definition) is 1. The van der Waals surface area contributed by atoms with E-state index in [4.69, 9.17) is 0 Å². The fourth-order valence-electron chi connectivity index (χ4n) is 1.86. The Morgan fingerprint density at radius 3 is 2.19 bits per heavy atom. The first-order chi connectivity index (χ1) is 7.45. The second kappa shape index (κ2) is 5.83. The van der Waals surface area contributed by atoms with Crippen LogP contribution in [0.25, 0.3) is 0 Å². The summed E-state index contributed by atoms with van der Waals surface area (Å²) in [4.78, 5) is 0. The van der Waals surface area contributed by atoms with Crippen LogP contribution in [0.4, 0.5) is 0 Å². The fraction of sp³-hybridized carbons (Fsp3) is 0.571. The van der Waals surface area contributed by atoms with Crippen molar-refractivity contribution < 1.29 is 5.11 Å². The van der Waals surface area contributed by atoms with E-state index in [0.717, 1.165) is 22.9 Å². The Bertz CT molecular complexity index is 337. The third-order valence-corrected chi connectivity index (χ3v) is 4.42. The normalized spacial score (nSPS) is 14.9. The maximum absolute atomic E-state index is 10.1. The van der Waals surface area contributed by atoms with Gasteiger partial charge in [-0.15, -0.1) is 0 Å². The summed E-state index contributed by atoms with van der Waals surface area (Å²) >= 11 is 3.55. The van der Waals surface area contributed by atoms with Crippen LogP contribution in [0.3, 0.4) is 0 Å². The molecule has 0 saturated heterocycles. The molecule has 0 aromatic heterocycles. The highest BCUT2D eigenvalue weighted by molar-refractivity contribution is 9.10. The predicted molar refractivity (Wildman–Crippen MR) is 72.6 cm³/mol. The van der Waals surface area contributed by atoms with Crippen molar-refractivity contribution >= 4 is 15.9 Å². The first-order valence-corrected chi connectivity index (χ1v) is 6.69. The maximum atomic E-state index is 10.1. The molecule has 0 saturated carbocycles. The molecule has 0 aliphatic heterocycles. The smallest absolute Gasteiger partial charge is 0.0792 e. The molecule has 2 unspecified atom stereocenters. The third kappa shape index (κ3) is 3.33. The van der Waals surface area contributed by atoms with Crippen molar-refractivity contribution in [3.63, 3.8) is 0 Å². The molecule has 0 aliphatic rings. The van der Waals surface area contributed by atoms with Crippen LogP contribution >= 0.6 is 15.9 Å². The minimum absolute atomic E-state index is 0.333. The zero-order valence-electron chi connectivity index (χ0n) is 10.5. The highest BCUT2D eigenvalue weighted by Crippen LogP contribution is 2.28. The Kier molecular flexibility index (Phi) is 5.00.